The summed E-state index contributed by atoms with van der Waals surface area (Å²) in [6, 6.07) is 6.11. The lowest BCUT2D eigenvalue weighted by Gasteiger charge is -2.42. The third-order valence-corrected chi connectivity index (χ3v) is 4.70. The van der Waals surface area contributed by atoms with E-state index >= 15 is 0 Å². The van der Waals surface area contributed by atoms with Crippen molar-refractivity contribution in [2.45, 2.75) is 53.9 Å². The normalized spacial score (nSPS) is 14.7. The first kappa shape index (κ1) is 16.2. The topological polar surface area (TPSA) is 38.9 Å². The summed E-state index contributed by atoms with van der Waals surface area (Å²) >= 11 is 0. The molecule has 0 aliphatic heterocycles. The number of hydrogen-bond acceptors (Lipinski definition) is 2. The van der Waals surface area contributed by atoms with Crippen molar-refractivity contribution in [3.63, 3.8) is 0 Å². The van der Waals surface area contributed by atoms with E-state index in [1.165, 1.54) is 0 Å². The van der Waals surface area contributed by atoms with Gasteiger partial charge in [0.05, 0.1) is 0 Å². The van der Waals surface area contributed by atoms with Gasteiger partial charge in [-0.05, 0) is 35.3 Å². The van der Waals surface area contributed by atoms with Crippen LogP contribution in [0, 0.1) is 16.7 Å². The van der Waals surface area contributed by atoms with Crippen molar-refractivity contribution >= 4 is 0 Å². The van der Waals surface area contributed by atoms with E-state index in [-0.39, 0.29) is 5.41 Å². The maximum absolute atomic E-state index is 6.05. The van der Waals surface area contributed by atoms with Crippen LogP contribution in [-0.4, -0.2) is 11.5 Å². The summed E-state index contributed by atoms with van der Waals surface area (Å²) in [7, 11) is 0. The predicted octanol–water partition coefficient (Wildman–Crippen LogP) is 4.22. The van der Waals surface area contributed by atoms with Crippen LogP contribution in [0.1, 0.15) is 59.6 Å². The first-order valence-corrected chi connectivity index (χ1v) is 7.31. The molecule has 1 atom stereocenters. The van der Waals surface area contributed by atoms with Gasteiger partial charge in [-0.25, -0.2) is 0 Å². The Hall–Kier alpha value is -0.890. The maximum Gasteiger partial charge on any atom is 0.0452 e. The minimum absolute atomic E-state index is 0.150. The van der Waals surface area contributed by atoms with Crippen LogP contribution in [0.15, 0.2) is 24.4 Å². The fourth-order valence-electron chi connectivity index (χ4n) is 2.92. The lowest BCUT2D eigenvalue weighted by molar-refractivity contribution is 0.117. The molecule has 0 bridgehead atoms. The summed E-state index contributed by atoms with van der Waals surface area (Å²) in [5.74, 6) is 0.973. The van der Waals surface area contributed by atoms with Gasteiger partial charge in [0.2, 0.25) is 0 Å². The number of aromatic nitrogens is 1. The molecule has 108 valence electrons. The molecule has 0 fully saturated rings. The van der Waals surface area contributed by atoms with Gasteiger partial charge in [-0.3, -0.25) is 4.98 Å². The van der Waals surface area contributed by atoms with Crippen molar-refractivity contribution in [2.75, 3.05) is 6.54 Å². The molecule has 1 unspecified atom stereocenters. The van der Waals surface area contributed by atoms with Gasteiger partial charge in [0, 0.05) is 24.4 Å². The molecule has 19 heavy (non-hydrogen) atoms. The van der Waals surface area contributed by atoms with Gasteiger partial charge in [-0.2, -0.15) is 0 Å². The zero-order valence-corrected chi connectivity index (χ0v) is 13.4. The summed E-state index contributed by atoms with van der Waals surface area (Å²) in [6.07, 6.45) is 3.01. The fraction of sp³-hybridized carbons (Fsp3) is 0.706. The highest BCUT2D eigenvalue weighted by atomic mass is 14.7. The average molecular weight is 262 g/mol. The quantitative estimate of drug-likeness (QED) is 0.833. The number of pyridine rings is 1. The molecule has 0 aliphatic rings. The molecule has 2 heteroatoms. The van der Waals surface area contributed by atoms with Crippen molar-refractivity contribution in [1.29, 1.82) is 0 Å². The number of hydrogen-bond donors (Lipinski definition) is 1. The van der Waals surface area contributed by atoms with Gasteiger partial charge in [-0.15, -0.1) is 0 Å². The third-order valence-electron chi connectivity index (χ3n) is 4.70. The van der Waals surface area contributed by atoms with Gasteiger partial charge in [0.25, 0.3) is 0 Å². The van der Waals surface area contributed by atoms with Crippen LogP contribution in [0.4, 0.5) is 0 Å². The number of rotatable bonds is 6. The molecule has 1 aromatic rings. The Morgan fingerprint density at radius 2 is 1.74 bits per heavy atom. The van der Waals surface area contributed by atoms with Gasteiger partial charge < -0.3 is 5.73 Å². The fourth-order valence-corrected chi connectivity index (χ4v) is 2.92. The Balaban J connectivity index is 2.97. The summed E-state index contributed by atoms with van der Waals surface area (Å²) in [6.45, 7) is 14.6. The molecule has 0 aromatic carbocycles. The summed E-state index contributed by atoms with van der Waals surface area (Å²) in [5, 5.41) is 0. The summed E-state index contributed by atoms with van der Waals surface area (Å²) < 4.78 is 0. The lowest BCUT2D eigenvalue weighted by Crippen LogP contribution is -2.35. The lowest BCUT2D eigenvalue weighted by atomic mass is 9.64. The SMILES string of the molecule is CC(C)C(C)(C)CC(C)(C)C(CN)c1ccccn1. The Labute approximate surface area is 118 Å². The molecule has 1 heterocycles. The first-order valence-electron chi connectivity index (χ1n) is 7.31. The van der Waals surface area contributed by atoms with Crippen molar-refractivity contribution in [2.24, 2.45) is 22.5 Å². The monoisotopic (exact) mass is 262 g/mol. The standard InChI is InChI=1S/C17H30N2/c1-13(2)16(3,4)12-17(5,6)14(11-18)15-9-7-8-10-19-15/h7-10,13-14H,11-12,18H2,1-6H3. The highest BCUT2D eigenvalue weighted by Gasteiger charge is 2.37. The minimum Gasteiger partial charge on any atom is -0.330 e. The molecule has 0 amide bonds. The molecule has 0 saturated carbocycles. The van der Waals surface area contributed by atoms with Crippen LogP contribution in [0.3, 0.4) is 0 Å². The van der Waals surface area contributed by atoms with E-state index in [0.717, 1.165) is 12.1 Å². The molecule has 0 spiro atoms. The minimum atomic E-state index is 0.150. The first-order chi connectivity index (χ1) is 8.70. The Bertz CT molecular complexity index is 380. The van der Waals surface area contributed by atoms with E-state index in [9.17, 15) is 0 Å². The highest BCUT2D eigenvalue weighted by molar-refractivity contribution is 5.13. The van der Waals surface area contributed by atoms with Crippen molar-refractivity contribution in [3.05, 3.63) is 30.1 Å². The molecule has 0 saturated heterocycles. The molecule has 0 radical (unpaired) electrons. The van der Waals surface area contributed by atoms with Crippen LogP contribution >= 0.6 is 0 Å². The van der Waals surface area contributed by atoms with Crippen molar-refractivity contribution < 1.29 is 0 Å². The molecule has 0 aliphatic carbocycles. The predicted molar refractivity (Wildman–Crippen MR) is 83.0 cm³/mol. The maximum atomic E-state index is 6.05. The number of nitrogens with two attached hydrogens (primary N) is 1. The van der Waals surface area contributed by atoms with Crippen molar-refractivity contribution in [3.8, 4) is 0 Å². The second-order valence-electron chi connectivity index (χ2n) is 7.35. The molecule has 1 rings (SSSR count). The summed E-state index contributed by atoms with van der Waals surface area (Å²) in [4.78, 5) is 4.51. The van der Waals surface area contributed by atoms with E-state index in [0.29, 0.717) is 23.8 Å². The Morgan fingerprint density at radius 3 is 2.16 bits per heavy atom. The van der Waals surface area contributed by atoms with Gasteiger partial charge >= 0.3 is 0 Å². The van der Waals surface area contributed by atoms with Crippen molar-refractivity contribution in [1.82, 2.24) is 4.98 Å². The second kappa shape index (κ2) is 6.04. The Kier molecular flexibility index (Phi) is 5.14. The van der Waals surface area contributed by atoms with Crippen LogP contribution in [-0.2, 0) is 0 Å². The molecular formula is C17H30N2. The zero-order valence-electron chi connectivity index (χ0n) is 13.4. The van der Waals surface area contributed by atoms with E-state index in [4.69, 9.17) is 5.73 Å². The molecule has 2 nitrogen and oxygen atoms in total. The van der Waals surface area contributed by atoms with Crippen LogP contribution in [0.25, 0.3) is 0 Å². The van der Waals surface area contributed by atoms with Crippen LogP contribution < -0.4 is 5.73 Å². The van der Waals surface area contributed by atoms with Gasteiger partial charge in [0.15, 0.2) is 0 Å². The highest BCUT2D eigenvalue weighted by Crippen LogP contribution is 2.45. The zero-order chi connectivity index (χ0) is 14.7. The number of nitrogens with zero attached hydrogens (tertiary/aromatic N) is 1. The smallest absolute Gasteiger partial charge is 0.0452 e. The largest absolute Gasteiger partial charge is 0.330 e. The van der Waals surface area contributed by atoms with Crippen LogP contribution in [0.5, 0.6) is 0 Å². The van der Waals surface area contributed by atoms with E-state index in [1.807, 2.05) is 12.3 Å². The molecule has 2 N–H and O–H groups in total. The van der Waals surface area contributed by atoms with Crippen LogP contribution in [0.2, 0.25) is 0 Å². The van der Waals surface area contributed by atoms with E-state index in [2.05, 4.69) is 58.7 Å². The Morgan fingerprint density at radius 1 is 1.11 bits per heavy atom. The molecular weight excluding hydrogens is 232 g/mol. The van der Waals surface area contributed by atoms with Gasteiger partial charge in [-0.1, -0.05) is 47.6 Å². The van der Waals surface area contributed by atoms with Gasteiger partial charge in [0.1, 0.15) is 0 Å². The second-order valence-corrected chi connectivity index (χ2v) is 7.35. The van der Waals surface area contributed by atoms with E-state index < -0.39 is 0 Å². The molecule has 1 aromatic heterocycles. The van der Waals surface area contributed by atoms with E-state index in [1.54, 1.807) is 0 Å². The summed E-state index contributed by atoms with van der Waals surface area (Å²) in [5.41, 5.74) is 7.63. The third kappa shape index (κ3) is 4.04. The average Bonchev–Trinajstić information content (AvgIpc) is 2.29.